The summed E-state index contributed by atoms with van der Waals surface area (Å²) in [6.45, 7) is 15.2. The van der Waals surface area contributed by atoms with Gasteiger partial charge in [0.1, 0.15) is 11.5 Å². The minimum absolute atomic E-state index is 0.00623. The van der Waals surface area contributed by atoms with Gasteiger partial charge in [0.05, 0.1) is 18.5 Å². The lowest BCUT2D eigenvalue weighted by Crippen LogP contribution is -2.33. The Morgan fingerprint density at radius 2 is 1.42 bits per heavy atom. The van der Waals surface area contributed by atoms with Crippen molar-refractivity contribution in [2.75, 3.05) is 17.7 Å². The molecule has 0 aliphatic heterocycles. The second kappa shape index (κ2) is 17.2. The number of aromatic nitrogens is 2. The van der Waals surface area contributed by atoms with Gasteiger partial charge in [-0.1, -0.05) is 120 Å². The molecule has 2 N–H and O–H groups in total. The Morgan fingerprint density at radius 3 is 2.09 bits per heavy atom. The number of thioether (sulfide) groups is 1. The van der Waals surface area contributed by atoms with Crippen LogP contribution in [0.1, 0.15) is 90.0 Å². The Hall–Kier alpha value is -5.09. The van der Waals surface area contributed by atoms with E-state index in [-0.39, 0.29) is 22.6 Å². The van der Waals surface area contributed by atoms with Crippen molar-refractivity contribution in [2.45, 2.75) is 94.8 Å². The van der Waals surface area contributed by atoms with Gasteiger partial charge in [0.15, 0.2) is 11.4 Å². The number of anilines is 2. The smallest absolute Gasteiger partial charge is 0.265 e. The van der Waals surface area contributed by atoms with E-state index < -0.39 is 17.3 Å². The summed E-state index contributed by atoms with van der Waals surface area (Å²) < 4.78 is 17.7. The number of hydrogen-bond donors (Lipinski definition) is 2. The van der Waals surface area contributed by atoms with Crippen LogP contribution in [-0.2, 0) is 20.4 Å². The van der Waals surface area contributed by atoms with Gasteiger partial charge in [0, 0.05) is 16.0 Å². The topological polar surface area (TPSA) is 116 Å². The molecule has 1 heterocycles. The SMILES string of the molecule is CCC(Oc1ccc(C(C)(C)CC)cc1C(C)(C)CC)C(=O)Nc1ccccc1SC(C(=O)Nc1ccccc1OC)c1nc(-c2ccccc2)no1. The predicted octanol–water partition coefficient (Wildman–Crippen LogP) is 10.4. The fraction of sp³-hybridized carbons (Fsp3) is 0.349. The molecule has 5 aromatic rings. The number of amides is 2. The monoisotopic (exact) mass is 734 g/mol. The quantitative estimate of drug-likeness (QED) is 0.0963. The number of nitrogens with zero attached hydrogens (tertiary/aromatic N) is 2. The predicted molar refractivity (Wildman–Crippen MR) is 213 cm³/mol. The molecule has 0 aliphatic carbocycles. The molecule has 0 fully saturated rings. The molecule has 0 spiro atoms. The van der Waals surface area contributed by atoms with Gasteiger partial charge in [-0.05, 0) is 66.0 Å². The van der Waals surface area contributed by atoms with Crippen molar-refractivity contribution < 1.29 is 23.6 Å². The van der Waals surface area contributed by atoms with Gasteiger partial charge in [-0.15, -0.1) is 11.8 Å². The van der Waals surface area contributed by atoms with Crippen molar-refractivity contribution in [3.63, 3.8) is 0 Å². The molecule has 2 atom stereocenters. The molecule has 53 heavy (non-hydrogen) atoms. The van der Waals surface area contributed by atoms with Crippen LogP contribution in [0.2, 0.25) is 0 Å². The molecule has 9 nitrogen and oxygen atoms in total. The first-order valence-electron chi connectivity index (χ1n) is 18.1. The van der Waals surface area contributed by atoms with E-state index in [0.717, 1.165) is 24.0 Å². The van der Waals surface area contributed by atoms with E-state index >= 15 is 0 Å². The van der Waals surface area contributed by atoms with E-state index in [0.29, 0.717) is 40.0 Å². The molecule has 278 valence electrons. The first-order valence-corrected chi connectivity index (χ1v) is 19.0. The fourth-order valence-electron chi connectivity index (χ4n) is 5.67. The molecule has 0 radical (unpaired) electrons. The molecule has 0 saturated heterocycles. The fourth-order valence-corrected chi connectivity index (χ4v) is 6.69. The minimum atomic E-state index is -0.981. The lowest BCUT2D eigenvalue weighted by Gasteiger charge is -2.31. The second-order valence-electron chi connectivity index (χ2n) is 14.2. The van der Waals surface area contributed by atoms with Gasteiger partial charge in [0.25, 0.3) is 5.91 Å². The van der Waals surface area contributed by atoms with E-state index in [9.17, 15) is 9.59 Å². The Labute approximate surface area is 317 Å². The van der Waals surface area contributed by atoms with Gasteiger partial charge in [-0.3, -0.25) is 9.59 Å². The van der Waals surface area contributed by atoms with E-state index in [1.807, 2.05) is 73.7 Å². The average Bonchev–Trinajstić information content (AvgIpc) is 3.67. The highest BCUT2D eigenvalue weighted by atomic mass is 32.2. The molecular weight excluding hydrogens is 685 g/mol. The number of carbonyl (C=O) groups is 2. The van der Waals surface area contributed by atoms with Gasteiger partial charge in [-0.25, -0.2) is 0 Å². The van der Waals surface area contributed by atoms with Crippen molar-refractivity contribution in [1.29, 1.82) is 0 Å². The number of carbonyl (C=O) groups excluding carboxylic acids is 2. The summed E-state index contributed by atoms with van der Waals surface area (Å²) >= 11 is 1.19. The summed E-state index contributed by atoms with van der Waals surface area (Å²) in [7, 11) is 1.54. The molecule has 2 unspecified atom stereocenters. The second-order valence-corrected chi connectivity index (χ2v) is 15.3. The molecule has 2 amide bonds. The molecule has 5 rings (SSSR count). The standard InChI is InChI=1S/C43H50N4O5S/c1-9-33(51-34-26-25-29(42(4,5)10-2)27-30(34)43(6,7)11-3)39(48)45-32-22-16-18-24-36(32)53-37(40(49)44-31-21-15-17-23-35(31)50-8)41-46-38(47-52-41)28-19-13-12-14-20-28/h12-27,33,37H,9-11H2,1-8H3,(H,44,49)(H,45,48). The maximum absolute atomic E-state index is 14.0. The van der Waals surface area contributed by atoms with Gasteiger partial charge in [-0.2, -0.15) is 4.98 Å². The van der Waals surface area contributed by atoms with Crippen molar-refractivity contribution in [2.24, 2.45) is 0 Å². The number of rotatable bonds is 16. The van der Waals surface area contributed by atoms with Crippen LogP contribution in [0, 0.1) is 0 Å². The van der Waals surface area contributed by atoms with Crippen molar-refractivity contribution in [3.8, 4) is 22.9 Å². The maximum atomic E-state index is 14.0. The molecule has 10 heteroatoms. The highest BCUT2D eigenvalue weighted by molar-refractivity contribution is 8.00. The minimum Gasteiger partial charge on any atom is -0.495 e. The third-order valence-corrected chi connectivity index (χ3v) is 11.1. The van der Waals surface area contributed by atoms with Gasteiger partial charge < -0.3 is 24.6 Å². The molecule has 4 aromatic carbocycles. The van der Waals surface area contributed by atoms with Crippen LogP contribution < -0.4 is 20.1 Å². The van der Waals surface area contributed by atoms with Crippen LogP contribution in [0.15, 0.2) is 106 Å². The molecule has 0 bridgehead atoms. The number of nitrogens with one attached hydrogen (secondary N) is 2. The van der Waals surface area contributed by atoms with Crippen LogP contribution in [-0.4, -0.2) is 35.2 Å². The number of hydrogen-bond acceptors (Lipinski definition) is 8. The van der Waals surface area contributed by atoms with Crippen LogP contribution >= 0.6 is 11.8 Å². The van der Waals surface area contributed by atoms with Crippen LogP contribution in [0.25, 0.3) is 11.4 Å². The first kappa shape index (κ1) is 39.1. The van der Waals surface area contributed by atoms with E-state index in [4.69, 9.17) is 14.0 Å². The summed E-state index contributed by atoms with van der Waals surface area (Å²) in [5.41, 5.74) is 3.94. The molecular formula is C43H50N4O5S. The lowest BCUT2D eigenvalue weighted by molar-refractivity contribution is -0.123. The zero-order valence-corrected chi connectivity index (χ0v) is 32.7. The van der Waals surface area contributed by atoms with Crippen LogP contribution in [0.3, 0.4) is 0 Å². The maximum Gasteiger partial charge on any atom is 0.265 e. The normalized spacial score (nSPS) is 12.8. The van der Waals surface area contributed by atoms with Crippen molar-refractivity contribution in [1.82, 2.24) is 10.1 Å². The number of methoxy groups -OCH3 is 1. The zero-order valence-electron chi connectivity index (χ0n) is 31.9. The van der Waals surface area contributed by atoms with Crippen molar-refractivity contribution >= 4 is 35.0 Å². The highest BCUT2D eigenvalue weighted by Gasteiger charge is 2.32. The van der Waals surface area contributed by atoms with Gasteiger partial charge in [0.2, 0.25) is 17.6 Å². The summed E-state index contributed by atoms with van der Waals surface area (Å²) in [6, 6.07) is 30.3. The third-order valence-electron chi connectivity index (χ3n) is 9.88. The Bertz CT molecular complexity index is 2010. The first-order chi connectivity index (χ1) is 25.4. The van der Waals surface area contributed by atoms with E-state index in [1.165, 1.54) is 17.3 Å². The van der Waals surface area contributed by atoms with E-state index in [1.54, 1.807) is 25.3 Å². The van der Waals surface area contributed by atoms with Crippen molar-refractivity contribution in [3.05, 3.63) is 114 Å². The zero-order chi connectivity index (χ0) is 38.2. The molecule has 0 saturated carbocycles. The largest absolute Gasteiger partial charge is 0.495 e. The van der Waals surface area contributed by atoms with Crippen LogP contribution in [0.5, 0.6) is 11.5 Å². The van der Waals surface area contributed by atoms with Crippen LogP contribution in [0.4, 0.5) is 11.4 Å². The molecule has 0 aliphatic rings. The van der Waals surface area contributed by atoms with E-state index in [2.05, 4.69) is 74.4 Å². The summed E-state index contributed by atoms with van der Waals surface area (Å²) in [5, 5.41) is 9.25. The number of para-hydroxylation sites is 3. The van der Waals surface area contributed by atoms with Gasteiger partial charge >= 0.3 is 0 Å². The lowest BCUT2D eigenvalue weighted by atomic mass is 9.76. The summed E-state index contributed by atoms with van der Waals surface area (Å²) in [5.74, 6) is 0.983. The Morgan fingerprint density at radius 1 is 0.774 bits per heavy atom. The summed E-state index contributed by atoms with van der Waals surface area (Å²) in [6.07, 6.45) is 1.59. The number of ether oxygens (including phenoxy) is 2. The highest BCUT2D eigenvalue weighted by Crippen LogP contribution is 2.42. The molecule has 1 aromatic heterocycles. The number of benzene rings is 4. The third kappa shape index (κ3) is 9.29. The average molecular weight is 735 g/mol. The Kier molecular flexibility index (Phi) is 12.7. The Balaban J connectivity index is 1.43. The summed E-state index contributed by atoms with van der Waals surface area (Å²) in [4.78, 5) is 33.3.